The third kappa shape index (κ3) is 4.84. The van der Waals surface area contributed by atoms with E-state index in [0.717, 1.165) is 24.9 Å². The molecule has 27 heavy (non-hydrogen) atoms. The van der Waals surface area contributed by atoms with Crippen LogP contribution < -0.4 is 10.5 Å². The number of aromatic nitrogens is 1. The van der Waals surface area contributed by atoms with Crippen LogP contribution >= 0.6 is 0 Å². The molecule has 1 aromatic carbocycles. The summed E-state index contributed by atoms with van der Waals surface area (Å²) in [5.41, 5.74) is 8.52. The summed E-state index contributed by atoms with van der Waals surface area (Å²) in [5.74, 6) is 1.05. The summed E-state index contributed by atoms with van der Waals surface area (Å²) in [6, 6.07) is 9.24. The molecule has 142 valence electrons. The molecule has 2 heterocycles. The molecular formula is C21H26N4O2. The molecule has 1 aromatic heterocycles. The fourth-order valence-electron chi connectivity index (χ4n) is 3.49. The van der Waals surface area contributed by atoms with Gasteiger partial charge in [0, 0.05) is 42.8 Å². The van der Waals surface area contributed by atoms with E-state index in [4.69, 9.17) is 15.9 Å². The molecule has 0 bridgehead atoms. The maximum atomic E-state index is 12.6. The Labute approximate surface area is 159 Å². The SMILES string of the molecule is CC(=N)c1c(N)cccc1OCC1CCCN(C(=O)Cc2cccnc2)C1. The summed E-state index contributed by atoms with van der Waals surface area (Å²) in [6.07, 6.45) is 5.83. The van der Waals surface area contributed by atoms with Crippen LogP contribution in [-0.4, -0.2) is 41.2 Å². The standard InChI is InChI=1S/C21H26N4O2/c1-15(22)21-18(23)7-2-8-19(21)27-14-17-6-4-10-25(13-17)20(26)11-16-5-3-9-24-12-16/h2-3,5,7-9,12,17,22H,4,6,10-11,13-14,23H2,1H3. The Hall–Kier alpha value is -2.89. The number of ether oxygens (including phenoxy) is 1. The van der Waals surface area contributed by atoms with Gasteiger partial charge < -0.3 is 20.8 Å². The molecular weight excluding hydrogens is 340 g/mol. The Balaban J connectivity index is 1.58. The van der Waals surface area contributed by atoms with Gasteiger partial charge in [0.25, 0.3) is 0 Å². The first-order chi connectivity index (χ1) is 13.0. The molecule has 1 amide bonds. The average Bonchev–Trinajstić information content (AvgIpc) is 2.67. The van der Waals surface area contributed by atoms with Crippen molar-refractivity contribution in [3.8, 4) is 5.75 Å². The molecule has 0 radical (unpaired) electrons. The molecule has 3 rings (SSSR count). The number of benzene rings is 1. The van der Waals surface area contributed by atoms with Gasteiger partial charge in [-0.05, 0) is 43.5 Å². The van der Waals surface area contributed by atoms with E-state index in [0.29, 0.717) is 42.3 Å². The summed E-state index contributed by atoms with van der Waals surface area (Å²) in [5, 5.41) is 7.92. The molecule has 0 aliphatic carbocycles. The average molecular weight is 366 g/mol. The van der Waals surface area contributed by atoms with Gasteiger partial charge in [0.2, 0.25) is 5.91 Å². The van der Waals surface area contributed by atoms with Crippen LogP contribution in [0.4, 0.5) is 5.69 Å². The van der Waals surface area contributed by atoms with Crippen molar-refractivity contribution in [2.75, 3.05) is 25.4 Å². The van der Waals surface area contributed by atoms with Gasteiger partial charge in [0.05, 0.1) is 18.6 Å². The van der Waals surface area contributed by atoms with E-state index in [1.807, 2.05) is 29.2 Å². The minimum absolute atomic E-state index is 0.132. The summed E-state index contributed by atoms with van der Waals surface area (Å²) in [6.45, 7) is 3.71. The first kappa shape index (κ1) is 18.9. The Morgan fingerprint density at radius 3 is 2.96 bits per heavy atom. The van der Waals surface area contributed by atoms with E-state index in [-0.39, 0.29) is 11.8 Å². The lowest BCUT2D eigenvalue weighted by atomic mass is 9.98. The normalized spacial score (nSPS) is 16.8. The van der Waals surface area contributed by atoms with Gasteiger partial charge in [-0.2, -0.15) is 0 Å². The van der Waals surface area contributed by atoms with Crippen LogP contribution in [0, 0.1) is 11.3 Å². The van der Waals surface area contributed by atoms with E-state index in [1.165, 1.54) is 0 Å². The van der Waals surface area contributed by atoms with E-state index in [2.05, 4.69) is 4.98 Å². The third-order valence-electron chi connectivity index (χ3n) is 4.86. The number of rotatable bonds is 6. The van der Waals surface area contributed by atoms with Crippen LogP contribution in [0.2, 0.25) is 0 Å². The lowest BCUT2D eigenvalue weighted by Crippen LogP contribution is -2.42. The molecule has 1 saturated heterocycles. The van der Waals surface area contributed by atoms with E-state index >= 15 is 0 Å². The molecule has 0 saturated carbocycles. The fourth-order valence-corrected chi connectivity index (χ4v) is 3.49. The van der Waals surface area contributed by atoms with Gasteiger partial charge in [0.1, 0.15) is 5.75 Å². The number of amides is 1. The molecule has 1 unspecified atom stereocenters. The summed E-state index contributed by atoms with van der Waals surface area (Å²) in [4.78, 5) is 18.6. The van der Waals surface area contributed by atoms with Gasteiger partial charge in [0.15, 0.2) is 0 Å². The van der Waals surface area contributed by atoms with Crippen LogP contribution in [0.5, 0.6) is 5.75 Å². The molecule has 1 fully saturated rings. The lowest BCUT2D eigenvalue weighted by molar-refractivity contribution is -0.132. The number of hydrogen-bond donors (Lipinski definition) is 2. The first-order valence-corrected chi connectivity index (χ1v) is 9.28. The highest BCUT2D eigenvalue weighted by atomic mass is 16.5. The fraction of sp³-hybridized carbons (Fsp3) is 0.381. The Kier molecular flexibility index (Phi) is 6.06. The minimum atomic E-state index is 0.132. The number of nitrogens with one attached hydrogen (secondary N) is 1. The van der Waals surface area contributed by atoms with Crippen LogP contribution in [0.1, 0.15) is 30.9 Å². The van der Waals surface area contributed by atoms with Crippen molar-refractivity contribution in [2.24, 2.45) is 5.92 Å². The van der Waals surface area contributed by atoms with Crippen LogP contribution in [0.3, 0.4) is 0 Å². The topological polar surface area (TPSA) is 92.3 Å². The number of nitrogens with zero attached hydrogens (tertiary/aromatic N) is 2. The quantitative estimate of drug-likeness (QED) is 0.607. The second-order valence-electron chi connectivity index (χ2n) is 7.04. The van der Waals surface area contributed by atoms with Gasteiger partial charge in [-0.15, -0.1) is 0 Å². The van der Waals surface area contributed by atoms with E-state index in [1.54, 1.807) is 25.4 Å². The maximum absolute atomic E-state index is 12.6. The molecule has 2 aromatic rings. The van der Waals surface area contributed by atoms with Crippen molar-refractivity contribution < 1.29 is 9.53 Å². The molecule has 1 aliphatic rings. The number of hydrogen-bond acceptors (Lipinski definition) is 5. The number of carbonyl (C=O) groups excluding carboxylic acids is 1. The number of anilines is 1. The predicted octanol–water partition coefficient (Wildman–Crippen LogP) is 2.91. The number of pyridine rings is 1. The van der Waals surface area contributed by atoms with Crippen LogP contribution in [0.15, 0.2) is 42.7 Å². The highest BCUT2D eigenvalue weighted by Gasteiger charge is 2.24. The highest BCUT2D eigenvalue weighted by molar-refractivity contribution is 6.03. The molecule has 1 aliphatic heterocycles. The summed E-state index contributed by atoms with van der Waals surface area (Å²) < 4.78 is 6.00. The first-order valence-electron chi connectivity index (χ1n) is 9.28. The summed E-state index contributed by atoms with van der Waals surface area (Å²) >= 11 is 0. The highest BCUT2D eigenvalue weighted by Crippen LogP contribution is 2.26. The number of likely N-dealkylation sites (tertiary alicyclic amines) is 1. The minimum Gasteiger partial charge on any atom is -0.492 e. The number of nitrogens with two attached hydrogens (primary N) is 1. The van der Waals surface area contributed by atoms with Gasteiger partial charge in [-0.3, -0.25) is 9.78 Å². The largest absolute Gasteiger partial charge is 0.492 e. The zero-order valence-corrected chi connectivity index (χ0v) is 15.6. The molecule has 0 spiro atoms. The van der Waals surface area contributed by atoms with Crippen molar-refractivity contribution in [3.05, 3.63) is 53.9 Å². The Bertz CT molecular complexity index is 807. The predicted molar refractivity (Wildman–Crippen MR) is 106 cm³/mol. The van der Waals surface area contributed by atoms with Gasteiger partial charge in [-0.1, -0.05) is 12.1 Å². The molecule has 3 N–H and O–H groups in total. The van der Waals surface area contributed by atoms with Gasteiger partial charge >= 0.3 is 0 Å². The Morgan fingerprint density at radius 2 is 2.22 bits per heavy atom. The third-order valence-corrected chi connectivity index (χ3v) is 4.86. The van der Waals surface area contributed by atoms with Crippen LogP contribution in [0.25, 0.3) is 0 Å². The molecule has 1 atom stereocenters. The number of carbonyl (C=O) groups is 1. The smallest absolute Gasteiger partial charge is 0.227 e. The monoisotopic (exact) mass is 366 g/mol. The second-order valence-corrected chi connectivity index (χ2v) is 7.04. The van der Waals surface area contributed by atoms with Crippen molar-refractivity contribution in [2.45, 2.75) is 26.2 Å². The van der Waals surface area contributed by atoms with E-state index < -0.39 is 0 Å². The number of nitrogen functional groups attached to an aromatic ring is 1. The molecule has 6 heteroatoms. The van der Waals surface area contributed by atoms with Crippen LogP contribution in [-0.2, 0) is 11.2 Å². The van der Waals surface area contributed by atoms with Gasteiger partial charge in [-0.25, -0.2) is 0 Å². The summed E-state index contributed by atoms with van der Waals surface area (Å²) in [7, 11) is 0. The Morgan fingerprint density at radius 1 is 1.37 bits per heavy atom. The number of piperidine rings is 1. The van der Waals surface area contributed by atoms with Crippen molar-refractivity contribution in [1.82, 2.24) is 9.88 Å². The maximum Gasteiger partial charge on any atom is 0.227 e. The van der Waals surface area contributed by atoms with Crippen molar-refractivity contribution in [3.63, 3.8) is 0 Å². The van der Waals surface area contributed by atoms with Crippen molar-refractivity contribution in [1.29, 1.82) is 5.41 Å². The van der Waals surface area contributed by atoms with Crippen molar-refractivity contribution >= 4 is 17.3 Å². The second kappa shape index (κ2) is 8.66. The zero-order valence-electron chi connectivity index (χ0n) is 15.6. The van der Waals surface area contributed by atoms with E-state index in [9.17, 15) is 4.79 Å². The lowest BCUT2D eigenvalue weighted by Gasteiger charge is -2.33. The molecule has 6 nitrogen and oxygen atoms in total. The zero-order chi connectivity index (χ0) is 19.2.